The van der Waals surface area contributed by atoms with Gasteiger partial charge in [0.1, 0.15) is 12.4 Å². The third kappa shape index (κ3) is 7.82. The molecule has 0 spiro atoms. The molecule has 1 saturated heterocycles. The standard InChI is InChI=1S/C37H47ClN4O3/c1-37(2,44)27-14-17-35-33(22-27)31(32-10-6-19-39-34(32)25-45-35)11-7-20-41-21-18-30(24-41)42(23-26-12-15-28(38)16-13-26)36(43)40-29-8-4-3-5-9-29/h6,10-12,14-15,17,19,22,29-30,44H,3-5,7-9,13,16,18,20-21,23-25H2,1-2H3,(H,40,43)/b31-11+/t30-/m0/s1. The van der Waals surface area contributed by atoms with E-state index < -0.39 is 5.60 Å². The average molecular weight is 631 g/mol. The average Bonchev–Trinajstić information content (AvgIpc) is 3.44. The zero-order chi connectivity index (χ0) is 31.4. The number of fused-ring (bicyclic) bond motifs is 2. The molecule has 7 nitrogen and oxygen atoms in total. The van der Waals surface area contributed by atoms with Gasteiger partial charge in [-0.15, -0.1) is 0 Å². The maximum Gasteiger partial charge on any atom is 0.318 e. The Balaban J connectivity index is 1.17. The van der Waals surface area contributed by atoms with Gasteiger partial charge in [0, 0.05) is 60.6 Å². The zero-order valence-electron chi connectivity index (χ0n) is 26.7. The van der Waals surface area contributed by atoms with Gasteiger partial charge in [0.15, 0.2) is 0 Å². The normalized spacial score (nSPS) is 21.7. The Kier molecular flexibility index (Phi) is 9.98. The molecule has 240 valence electrons. The molecular weight excluding hydrogens is 584 g/mol. The van der Waals surface area contributed by atoms with E-state index in [9.17, 15) is 9.90 Å². The van der Waals surface area contributed by atoms with Crippen molar-refractivity contribution in [2.24, 2.45) is 0 Å². The summed E-state index contributed by atoms with van der Waals surface area (Å²) < 4.78 is 6.18. The number of carbonyl (C=O) groups excluding carboxylic acids is 1. The van der Waals surface area contributed by atoms with Gasteiger partial charge in [-0.1, -0.05) is 60.7 Å². The molecule has 1 saturated carbocycles. The molecule has 1 aromatic carbocycles. The highest BCUT2D eigenvalue weighted by Crippen LogP contribution is 2.38. The minimum atomic E-state index is -0.958. The minimum absolute atomic E-state index is 0.0826. The molecule has 2 aliphatic heterocycles. The number of pyridine rings is 1. The molecule has 45 heavy (non-hydrogen) atoms. The highest BCUT2D eigenvalue weighted by atomic mass is 35.5. The van der Waals surface area contributed by atoms with Crippen molar-refractivity contribution in [1.29, 1.82) is 0 Å². The van der Waals surface area contributed by atoms with Gasteiger partial charge in [0.2, 0.25) is 0 Å². The van der Waals surface area contributed by atoms with Gasteiger partial charge in [-0.25, -0.2) is 4.79 Å². The molecule has 2 aliphatic carbocycles. The first-order valence-corrected chi connectivity index (χ1v) is 17.1. The Morgan fingerprint density at radius 2 is 2.00 bits per heavy atom. The SMILES string of the molecule is CC(C)(O)c1ccc2c(c1)/C(=C/CCN1CC[C@H](N(CC3=CC=C(Cl)CC3)C(=O)NC3CCCCC3)C1)c1cccnc1CO2. The predicted molar refractivity (Wildman–Crippen MR) is 180 cm³/mol. The lowest BCUT2D eigenvalue weighted by molar-refractivity contribution is 0.0785. The number of urea groups is 1. The van der Waals surface area contributed by atoms with E-state index in [0.717, 1.165) is 96.9 Å². The zero-order valence-corrected chi connectivity index (χ0v) is 27.5. The van der Waals surface area contributed by atoms with E-state index in [-0.39, 0.29) is 18.1 Å². The first-order valence-electron chi connectivity index (χ1n) is 16.7. The van der Waals surface area contributed by atoms with Crippen LogP contribution in [0.2, 0.25) is 0 Å². The van der Waals surface area contributed by atoms with E-state index >= 15 is 0 Å². The molecule has 8 heteroatoms. The number of carbonyl (C=O) groups is 1. The summed E-state index contributed by atoms with van der Waals surface area (Å²) in [6.07, 6.45) is 17.6. The van der Waals surface area contributed by atoms with Crippen molar-refractivity contribution in [1.82, 2.24) is 20.1 Å². The molecule has 6 rings (SSSR count). The third-order valence-corrected chi connectivity index (χ3v) is 10.1. The molecule has 2 N–H and O–H groups in total. The van der Waals surface area contributed by atoms with Crippen LogP contribution in [0.5, 0.6) is 5.75 Å². The second-order valence-corrected chi connectivity index (χ2v) is 14.0. The fourth-order valence-corrected chi connectivity index (χ4v) is 7.25. The van der Waals surface area contributed by atoms with E-state index in [1.54, 1.807) is 0 Å². The molecule has 3 heterocycles. The quantitative estimate of drug-likeness (QED) is 0.320. The van der Waals surface area contributed by atoms with Crippen LogP contribution < -0.4 is 10.1 Å². The van der Waals surface area contributed by atoms with Crippen LogP contribution in [0.15, 0.2) is 65.4 Å². The van der Waals surface area contributed by atoms with Gasteiger partial charge in [0.25, 0.3) is 0 Å². The van der Waals surface area contributed by atoms with Crippen molar-refractivity contribution < 1.29 is 14.6 Å². The number of likely N-dealkylation sites (tertiary alicyclic amines) is 1. The van der Waals surface area contributed by atoms with E-state index in [2.05, 4.69) is 44.4 Å². The number of aliphatic hydroxyl groups is 1. The topological polar surface area (TPSA) is 77.9 Å². The predicted octanol–water partition coefficient (Wildman–Crippen LogP) is 7.28. The van der Waals surface area contributed by atoms with Gasteiger partial charge in [-0.05, 0) is 87.8 Å². The third-order valence-electron chi connectivity index (χ3n) is 9.75. The summed E-state index contributed by atoms with van der Waals surface area (Å²) in [6, 6.07) is 10.6. The molecule has 0 unspecified atom stereocenters. The Morgan fingerprint density at radius 3 is 2.78 bits per heavy atom. The summed E-state index contributed by atoms with van der Waals surface area (Å²) in [5, 5.41) is 15.0. The van der Waals surface area contributed by atoms with E-state index in [1.807, 2.05) is 44.3 Å². The first-order chi connectivity index (χ1) is 21.7. The van der Waals surface area contributed by atoms with Gasteiger partial charge in [0.05, 0.1) is 11.3 Å². The van der Waals surface area contributed by atoms with Crippen LogP contribution in [0.3, 0.4) is 0 Å². The number of hydrogen-bond donors (Lipinski definition) is 2. The fraction of sp³-hybridized carbons (Fsp3) is 0.514. The van der Waals surface area contributed by atoms with Crippen LogP contribution in [0.1, 0.15) is 94.0 Å². The largest absolute Gasteiger partial charge is 0.487 e. The monoisotopic (exact) mass is 630 g/mol. The number of nitrogens with one attached hydrogen (secondary N) is 1. The minimum Gasteiger partial charge on any atom is -0.487 e. The smallest absolute Gasteiger partial charge is 0.318 e. The summed E-state index contributed by atoms with van der Waals surface area (Å²) in [7, 11) is 0. The number of allylic oxidation sites excluding steroid dienone is 3. The molecule has 1 atom stereocenters. The van der Waals surface area contributed by atoms with Crippen molar-refractivity contribution in [2.75, 3.05) is 26.2 Å². The van der Waals surface area contributed by atoms with Crippen LogP contribution >= 0.6 is 11.6 Å². The van der Waals surface area contributed by atoms with Crippen molar-refractivity contribution in [3.8, 4) is 5.75 Å². The molecule has 2 amide bonds. The van der Waals surface area contributed by atoms with E-state index in [4.69, 9.17) is 16.3 Å². The molecule has 2 fully saturated rings. The van der Waals surface area contributed by atoms with Gasteiger partial charge in [-0.3, -0.25) is 4.98 Å². The number of hydrogen-bond acceptors (Lipinski definition) is 5. The Labute approximate surface area is 273 Å². The van der Waals surface area contributed by atoms with Crippen LogP contribution in [0, 0.1) is 0 Å². The Bertz CT molecular complexity index is 1470. The van der Waals surface area contributed by atoms with Crippen molar-refractivity contribution >= 4 is 23.2 Å². The van der Waals surface area contributed by atoms with Gasteiger partial charge in [-0.2, -0.15) is 0 Å². The number of aromatic nitrogens is 1. The summed E-state index contributed by atoms with van der Waals surface area (Å²) in [6.45, 7) is 7.42. The molecule has 1 aromatic heterocycles. The number of benzene rings is 1. The summed E-state index contributed by atoms with van der Waals surface area (Å²) in [5.74, 6) is 0.807. The Morgan fingerprint density at radius 1 is 1.16 bits per heavy atom. The number of amides is 2. The second-order valence-electron chi connectivity index (χ2n) is 13.6. The highest BCUT2D eigenvalue weighted by molar-refractivity contribution is 6.29. The number of rotatable bonds is 8. The van der Waals surface area contributed by atoms with Crippen LogP contribution in [0.4, 0.5) is 4.79 Å². The lowest BCUT2D eigenvalue weighted by Gasteiger charge is -2.33. The number of ether oxygens (including phenoxy) is 1. The molecule has 4 aliphatic rings. The lowest BCUT2D eigenvalue weighted by atomic mass is 9.90. The molecule has 2 aromatic rings. The molecule has 0 radical (unpaired) electrons. The highest BCUT2D eigenvalue weighted by Gasteiger charge is 2.32. The van der Waals surface area contributed by atoms with E-state index in [0.29, 0.717) is 13.2 Å². The van der Waals surface area contributed by atoms with Crippen molar-refractivity contribution in [3.05, 3.63) is 87.7 Å². The second kappa shape index (κ2) is 14.1. The van der Waals surface area contributed by atoms with Crippen LogP contribution in [0.25, 0.3) is 5.57 Å². The Hall–Kier alpha value is -3.13. The summed E-state index contributed by atoms with van der Waals surface area (Å²) in [5.41, 5.74) is 5.23. The van der Waals surface area contributed by atoms with E-state index in [1.165, 1.54) is 24.8 Å². The van der Waals surface area contributed by atoms with Crippen molar-refractivity contribution in [2.45, 2.75) is 95.9 Å². The van der Waals surface area contributed by atoms with Crippen LogP contribution in [-0.2, 0) is 12.2 Å². The van der Waals surface area contributed by atoms with Gasteiger partial charge >= 0.3 is 6.03 Å². The number of nitrogens with zero attached hydrogens (tertiary/aromatic N) is 3. The maximum atomic E-state index is 13.7. The summed E-state index contributed by atoms with van der Waals surface area (Å²) >= 11 is 6.24. The first kappa shape index (κ1) is 31.8. The van der Waals surface area contributed by atoms with Crippen LogP contribution in [-0.4, -0.2) is 64.2 Å². The maximum absolute atomic E-state index is 13.7. The molecular formula is C37H47ClN4O3. The number of halogens is 1. The van der Waals surface area contributed by atoms with Gasteiger partial charge < -0.3 is 25.0 Å². The lowest BCUT2D eigenvalue weighted by Crippen LogP contribution is -2.51. The van der Waals surface area contributed by atoms with Crippen molar-refractivity contribution in [3.63, 3.8) is 0 Å². The molecule has 0 bridgehead atoms. The fourth-order valence-electron chi connectivity index (χ4n) is 7.09. The summed E-state index contributed by atoms with van der Waals surface area (Å²) in [4.78, 5) is 22.9.